The molecule has 0 fully saturated rings. The van der Waals surface area contributed by atoms with Gasteiger partial charge in [0.2, 0.25) is 0 Å². The van der Waals surface area contributed by atoms with E-state index in [9.17, 15) is 22.8 Å². The summed E-state index contributed by atoms with van der Waals surface area (Å²) in [5, 5.41) is 11.8. The second kappa shape index (κ2) is 8.45. The number of alkyl halides is 3. The van der Waals surface area contributed by atoms with Crippen molar-refractivity contribution in [3.05, 3.63) is 64.6 Å². The second-order valence-electron chi connectivity index (χ2n) is 7.58. The third kappa shape index (κ3) is 4.73. The Morgan fingerprint density at radius 2 is 1.97 bits per heavy atom. The van der Waals surface area contributed by atoms with Crippen LogP contribution in [0.4, 0.5) is 35.2 Å². The zero-order valence-electron chi connectivity index (χ0n) is 17.5. The number of hydrogen-bond donors (Lipinski definition) is 4. The van der Waals surface area contributed by atoms with Crippen LogP contribution in [0, 0.1) is 6.92 Å². The zero-order chi connectivity index (χ0) is 23.8. The van der Waals surface area contributed by atoms with Crippen LogP contribution >= 0.6 is 0 Å². The van der Waals surface area contributed by atoms with Crippen LogP contribution in [0.1, 0.15) is 32.9 Å². The normalized spacial score (nSPS) is 13.4. The first-order valence-corrected chi connectivity index (χ1v) is 9.94. The Hall–Kier alpha value is -4.09. The largest absolute Gasteiger partial charge is 0.416 e. The van der Waals surface area contributed by atoms with Crippen molar-refractivity contribution in [2.75, 3.05) is 22.1 Å². The molecule has 172 valence electrons. The summed E-state index contributed by atoms with van der Waals surface area (Å²) in [6.07, 6.45) is -2.48. The summed E-state index contributed by atoms with van der Waals surface area (Å²) in [4.78, 5) is 30.0. The lowest BCUT2D eigenvalue weighted by Crippen LogP contribution is -2.31. The molecule has 4 rings (SSSR count). The van der Waals surface area contributed by atoms with E-state index in [2.05, 4.69) is 25.8 Å². The summed E-state index contributed by atoms with van der Waals surface area (Å²) in [5.74, 6) is 0.0728. The number of nitrogens with zero attached hydrogens (tertiary/aromatic N) is 3. The van der Waals surface area contributed by atoms with Crippen LogP contribution < -0.4 is 21.3 Å². The molecule has 0 radical (unpaired) electrons. The van der Waals surface area contributed by atoms with Gasteiger partial charge in [0.1, 0.15) is 5.82 Å². The molecule has 0 atom stereocenters. The van der Waals surface area contributed by atoms with Gasteiger partial charge in [0, 0.05) is 17.8 Å². The lowest BCUT2D eigenvalue weighted by atomic mass is 10.0. The molecule has 1 aromatic carbocycles. The number of nitrogens with one attached hydrogen (secondary N) is 3. The molecule has 0 saturated heterocycles. The highest BCUT2D eigenvalue weighted by Crippen LogP contribution is 2.32. The number of fused-ring (bicyclic) bond motifs is 1. The molecule has 3 amide bonds. The number of amides is 3. The van der Waals surface area contributed by atoms with E-state index >= 15 is 0 Å². The van der Waals surface area contributed by atoms with Crippen molar-refractivity contribution in [1.82, 2.24) is 15.2 Å². The molecule has 12 heteroatoms. The number of urea groups is 1. The van der Waals surface area contributed by atoms with Crippen molar-refractivity contribution in [1.29, 1.82) is 0 Å². The number of pyridine rings is 1. The molecule has 0 spiro atoms. The molecule has 9 nitrogen and oxygen atoms in total. The van der Waals surface area contributed by atoms with Gasteiger partial charge in [0.05, 0.1) is 29.7 Å². The van der Waals surface area contributed by atoms with Gasteiger partial charge in [-0.15, -0.1) is 0 Å². The Labute approximate surface area is 186 Å². The van der Waals surface area contributed by atoms with Crippen molar-refractivity contribution in [3.63, 3.8) is 0 Å². The Balaban J connectivity index is 1.40. The maximum Gasteiger partial charge on any atom is 0.416 e. The summed E-state index contributed by atoms with van der Waals surface area (Å²) in [6, 6.07) is 5.80. The zero-order valence-corrected chi connectivity index (χ0v) is 17.5. The third-order valence-electron chi connectivity index (χ3n) is 5.31. The molecule has 3 aromatic rings. The number of aryl methyl sites for hydroxylation is 1. The van der Waals surface area contributed by atoms with Crippen molar-refractivity contribution >= 4 is 29.1 Å². The molecule has 33 heavy (non-hydrogen) atoms. The van der Waals surface area contributed by atoms with E-state index in [1.165, 1.54) is 12.3 Å². The Kier molecular flexibility index (Phi) is 5.66. The fraction of sp³-hybridized carbons (Fsp3) is 0.238. The quantitative estimate of drug-likeness (QED) is 0.475. The van der Waals surface area contributed by atoms with Gasteiger partial charge < -0.3 is 21.3 Å². The van der Waals surface area contributed by atoms with Gasteiger partial charge in [-0.2, -0.15) is 18.3 Å². The minimum atomic E-state index is -4.51. The van der Waals surface area contributed by atoms with Gasteiger partial charge in [-0.3, -0.25) is 9.89 Å². The maximum atomic E-state index is 12.9. The van der Waals surface area contributed by atoms with Crippen molar-refractivity contribution in [2.45, 2.75) is 26.1 Å². The van der Waals surface area contributed by atoms with Crippen LogP contribution in [-0.4, -0.2) is 33.7 Å². The predicted octanol–water partition coefficient (Wildman–Crippen LogP) is 3.44. The standard InChI is InChI=1S/C21H20F3N7O2/c1-11-2-3-12(21(22,23)24)8-15(11)28-20(33)27-13-4-5-17(26-9-13)31-7-6-14-16(10-31)29-30-18(14)19(25)32/h2-5,8-9H,6-7,10H2,1H3,(H2,25,32)(H,29,30)(H2,27,28,33). The van der Waals surface area contributed by atoms with E-state index < -0.39 is 23.7 Å². The maximum absolute atomic E-state index is 12.9. The van der Waals surface area contributed by atoms with Gasteiger partial charge in [-0.05, 0) is 43.2 Å². The minimum Gasteiger partial charge on any atom is -0.364 e. The van der Waals surface area contributed by atoms with Crippen molar-refractivity contribution in [3.8, 4) is 0 Å². The smallest absolute Gasteiger partial charge is 0.364 e. The Morgan fingerprint density at radius 3 is 2.64 bits per heavy atom. The number of primary amides is 1. The van der Waals surface area contributed by atoms with E-state index in [-0.39, 0.29) is 11.4 Å². The molecule has 5 N–H and O–H groups in total. The number of carbonyl (C=O) groups is 2. The van der Waals surface area contributed by atoms with Gasteiger partial charge in [0.25, 0.3) is 5.91 Å². The molecule has 0 aliphatic carbocycles. The van der Waals surface area contributed by atoms with Crippen LogP contribution in [0.3, 0.4) is 0 Å². The highest BCUT2D eigenvalue weighted by molar-refractivity contribution is 6.00. The summed E-state index contributed by atoms with van der Waals surface area (Å²) in [6.45, 7) is 2.66. The summed E-state index contributed by atoms with van der Waals surface area (Å²) in [7, 11) is 0. The van der Waals surface area contributed by atoms with Gasteiger partial charge in [-0.1, -0.05) is 6.07 Å². The van der Waals surface area contributed by atoms with Crippen LogP contribution in [0.2, 0.25) is 0 Å². The number of halogens is 3. The molecule has 0 bridgehead atoms. The molecule has 2 aromatic heterocycles. The van der Waals surface area contributed by atoms with E-state index in [4.69, 9.17) is 5.73 Å². The summed E-state index contributed by atoms with van der Waals surface area (Å²) >= 11 is 0. The average Bonchev–Trinajstić information content (AvgIpc) is 3.18. The van der Waals surface area contributed by atoms with Gasteiger partial charge in [-0.25, -0.2) is 9.78 Å². The van der Waals surface area contributed by atoms with Crippen molar-refractivity contribution in [2.24, 2.45) is 5.73 Å². The molecular weight excluding hydrogens is 439 g/mol. The fourth-order valence-corrected chi connectivity index (χ4v) is 3.58. The first kappa shape index (κ1) is 22.1. The number of rotatable bonds is 4. The Morgan fingerprint density at radius 1 is 1.18 bits per heavy atom. The van der Waals surface area contributed by atoms with Crippen LogP contribution in [0.25, 0.3) is 0 Å². The minimum absolute atomic E-state index is 0.0610. The van der Waals surface area contributed by atoms with E-state index in [0.29, 0.717) is 36.6 Å². The second-order valence-corrected chi connectivity index (χ2v) is 7.58. The molecule has 0 unspecified atom stereocenters. The highest BCUT2D eigenvalue weighted by atomic mass is 19.4. The first-order chi connectivity index (χ1) is 15.6. The third-order valence-corrected chi connectivity index (χ3v) is 5.31. The number of aromatic nitrogens is 3. The summed E-state index contributed by atoms with van der Waals surface area (Å²) < 4.78 is 38.8. The van der Waals surface area contributed by atoms with Crippen LogP contribution in [0.5, 0.6) is 0 Å². The number of H-pyrrole nitrogens is 1. The monoisotopic (exact) mass is 459 g/mol. The number of anilines is 3. The molecular formula is C21H20F3N7O2. The fourth-order valence-electron chi connectivity index (χ4n) is 3.58. The molecule has 3 heterocycles. The first-order valence-electron chi connectivity index (χ1n) is 9.94. The number of benzene rings is 1. The summed E-state index contributed by atoms with van der Waals surface area (Å²) in [5.41, 5.74) is 7.25. The highest BCUT2D eigenvalue weighted by Gasteiger charge is 2.31. The van der Waals surface area contributed by atoms with Gasteiger partial charge >= 0.3 is 12.2 Å². The van der Waals surface area contributed by atoms with Crippen LogP contribution in [-0.2, 0) is 19.1 Å². The van der Waals surface area contributed by atoms with Gasteiger partial charge in [0.15, 0.2) is 5.69 Å². The topological polar surface area (TPSA) is 129 Å². The number of carbonyl (C=O) groups excluding carboxylic acids is 2. The number of nitrogens with two attached hydrogens (primary N) is 1. The van der Waals surface area contributed by atoms with E-state index in [1.54, 1.807) is 19.1 Å². The van der Waals surface area contributed by atoms with E-state index in [1.807, 2.05) is 4.90 Å². The SMILES string of the molecule is Cc1ccc(C(F)(F)F)cc1NC(=O)Nc1ccc(N2CCc3c(C(N)=O)n[nH]c3C2)nc1. The number of hydrogen-bond acceptors (Lipinski definition) is 5. The average molecular weight is 459 g/mol. The van der Waals surface area contributed by atoms with Crippen LogP contribution in [0.15, 0.2) is 36.5 Å². The molecule has 1 aliphatic rings. The lowest BCUT2D eigenvalue weighted by Gasteiger charge is -2.27. The predicted molar refractivity (Wildman–Crippen MR) is 115 cm³/mol. The van der Waals surface area contributed by atoms with Crippen molar-refractivity contribution < 1.29 is 22.8 Å². The number of aromatic amines is 1. The molecule has 0 saturated carbocycles. The Bertz CT molecular complexity index is 1210. The lowest BCUT2D eigenvalue weighted by molar-refractivity contribution is -0.137. The molecule has 1 aliphatic heterocycles. The van der Waals surface area contributed by atoms with E-state index in [0.717, 1.165) is 23.4 Å².